The van der Waals surface area contributed by atoms with Gasteiger partial charge in [-0.1, -0.05) is 15.9 Å². The molecule has 0 aliphatic carbocycles. The summed E-state index contributed by atoms with van der Waals surface area (Å²) in [4.78, 5) is 11.1. The molecule has 0 aromatic heterocycles. The van der Waals surface area contributed by atoms with Gasteiger partial charge in [0.05, 0.1) is 16.8 Å². The molecule has 0 saturated carbocycles. The maximum atomic E-state index is 11.1. The molecule has 82 valence electrons. The molecule has 1 aromatic carbocycles. The first-order valence-electron chi connectivity index (χ1n) is 4.16. The van der Waals surface area contributed by atoms with Gasteiger partial charge in [0.25, 0.3) is 0 Å². The van der Waals surface area contributed by atoms with E-state index in [1.54, 1.807) is 19.1 Å². The first-order valence-corrected chi connectivity index (χ1v) is 5.75. The molecule has 0 heterocycles. The number of hydrogen-bond acceptors (Lipinski definition) is 3. The quantitative estimate of drug-likeness (QED) is 0.811. The Hall–Kier alpha value is -0.750. The molecule has 4 nitrogen and oxygen atoms in total. The van der Waals surface area contributed by atoms with Gasteiger partial charge in [0.2, 0.25) is 0 Å². The number of rotatable bonds is 2. The van der Waals surface area contributed by atoms with Gasteiger partial charge in [-0.2, -0.15) is 0 Å². The number of aromatic hydroxyl groups is 1. The number of phenols is 1. The Morgan fingerprint density at radius 3 is 2.80 bits per heavy atom. The molecule has 0 radical (unpaired) electrons. The third kappa shape index (κ3) is 3.39. The van der Waals surface area contributed by atoms with Gasteiger partial charge in [0, 0.05) is 4.47 Å². The Morgan fingerprint density at radius 2 is 2.20 bits per heavy atom. The van der Waals surface area contributed by atoms with E-state index in [0.29, 0.717) is 4.47 Å². The van der Waals surface area contributed by atoms with Crippen LogP contribution in [0.1, 0.15) is 6.92 Å². The fourth-order valence-corrected chi connectivity index (χ4v) is 2.16. The summed E-state index contributed by atoms with van der Waals surface area (Å²) in [5.41, 5.74) is 0.287. The zero-order valence-corrected chi connectivity index (χ0v) is 11.1. The molecule has 2 N–H and O–H groups in total. The number of ether oxygens (including phenoxy) is 1. The normalized spacial score (nSPS) is 9.80. The van der Waals surface area contributed by atoms with Crippen LogP contribution >= 0.6 is 31.9 Å². The molecular formula is C9H9Br2NO3. The minimum atomic E-state index is -0.599. The summed E-state index contributed by atoms with van der Waals surface area (Å²) < 4.78 is 5.91. The van der Waals surface area contributed by atoms with Gasteiger partial charge < -0.3 is 9.84 Å². The lowest BCUT2D eigenvalue weighted by Gasteiger charge is -2.08. The average molecular weight is 339 g/mol. The lowest BCUT2D eigenvalue weighted by molar-refractivity contribution is 0.168. The van der Waals surface area contributed by atoms with Gasteiger partial charge in [0.1, 0.15) is 0 Å². The highest BCUT2D eigenvalue weighted by molar-refractivity contribution is 9.11. The molecule has 0 fully saturated rings. The first kappa shape index (κ1) is 12.3. The molecule has 0 aliphatic heterocycles. The van der Waals surface area contributed by atoms with E-state index < -0.39 is 6.09 Å². The predicted molar refractivity (Wildman–Crippen MR) is 64.2 cm³/mol. The van der Waals surface area contributed by atoms with E-state index in [9.17, 15) is 9.90 Å². The number of halogens is 2. The lowest BCUT2D eigenvalue weighted by atomic mass is 10.3. The summed E-state index contributed by atoms with van der Waals surface area (Å²) in [5, 5.41) is 12.0. The Labute approximate surface area is 104 Å². The van der Waals surface area contributed by atoms with Crippen LogP contribution in [0.25, 0.3) is 0 Å². The molecule has 0 spiro atoms. The van der Waals surface area contributed by atoms with Crippen molar-refractivity contribution in [1.82, 2.24) is 0 Å². The standard InChI is InChI=1S/C9H9Br2NO3/c1-2-15-9(14)12-7-4-5(10)3-6(11)8(7)13/h3-4,13H,2H2,1H3,(H,12,14). The van der Waals surface area contributed by atoms with Gasteiger partial charge in [-0.05, 0) is 35.0 Å². The minimum Gasteiger partial charge on any atom is -0.505 e. The van der Waals surface area contributed by atoms with Crippen molar-refractivity contribution in [3.63, 3.8) is 0 Å². The molecule has 0 unspecified atom stereocenters. The monoisotopic (exact) mass is 337 g/mol. The van der Waals surface area contributed by atoms with Gasteiger partial charge in [0.15, 0.2) is 5.75 Å². The summed E-state index contributed by atoms with van der Waals surface area (Å²) in [6.45, 7) is 1.98. The predicted octanol–water partition coefficient (Wildman–Crippen LogP) is 3.49. The van der Waals surface area contributed by atoms with Crippen molar-refractivity contribution in [3.8, 4) is 5.75 Å². The molecule has 0 saturated heterocycles. The second-order valence-electron chi connectivity index (χ2n) is 2.63. The molecule has 1 amide bonds. The number of carbonyl (C=O) groups is 1. The molecular weight excluding hydrogens is 330 g/mol. The molecule has 0 aliphatic rings. The number of hydrogen-bond donors (Lipinski definition) is 2. The van der Waals surface area contributed by atoms with Gasteiger partial charge >= 0.3 is 6.09 Å². The van der Waals surface area contributed by atoms with Gasteiger partial charge in [-0.15, -0.1) is 0 Å². The largest absolute Gasteiger partial charge is 0.505 e. The SMILES string of the molecule is CCOC(=O)Nc1cc(Br)cc(Br)c1O. The molecule has 0 bridgehead atoms. The van der Waals surface area contributed by atoms with E-state index in [1.165, 1.54) is 0 Å². The third-order valence-corrected chi connectivity index (χ3v) is 2.60. The number of amides is 1. The average Bonchev–Trinajstić information content (AvgIpc) is 2.13. The maximum absolute atomic E-state index is 11.1. The summed E-state index contributed by atoms with van der Waals surface area (Å²) in [7, 11) is 0. The van der Waals surface area contributed by atoms with E-state index in [-0.39, 0.29) is 18.0 Å². The Kier molecular flexibility index (Phi) is 4.41. The van der Waals surface area contributed by atoms with Crippen molar-refractivity contribution in [2.45, 2.75) is 6.92 Å². The lowest BCUT2D eigenvalue weighted by Crippen LogP contribution is -2.13. The van der Waals surface area contributed by atoms with E-state index in [2.05, 4.69) is 41.9 Å². The number of nitrogens with one attached hydrogen (secondary N) is 1. The molecule has 6 heteroatoms. The number of phenolic OH excluding ortho intramolecular Hbond substituents is 1. The van der Waals surface area contributed by atoms with E-state index >= 15 is 0 Å². The minimum absolute atomic E-state index is 0.0359. The zero-order valence-electron chi connectivity index (χ0n) is 7.88. The van der Waals surface area contributed by atoms with Crippen molar-refractivity contribution in [1.29, 1.82) is 0 Å². The van der Waals surface area contributed by atoms with Crippen LogP contribution in [0.4, 0.5) is 10.5 Å². The molecule has 1 rings (SSSR count). The Bertz CT molecular complexity index is 382. The second kappa shape index (κ2) is 5.37. The zero-order chi connectivity index (χ0) is 11.4. The highest BCUT2D eigenvalue weighted by Gasteiger charge is 2.10. The van der Waals surface area contributed by atoms with Crippen LogP contribution < -0.4 is 5.32 Å². The van der Waals surface area contributed by atoms with Crippen molar-refractivity contribution in [2.75, 3.05) is 11.9 Å². The Balaban J connectivity index is 2.89. The van der Waals surface area contributed by atoms with Crippen LogP contribution in [0.2, 0.25) is 0 Å². The fourth-order valence-electron chi connectivity index (χ4n) is 0.938. The van der Waals surface area contributed by atoms with Gasteiger partial charge in [-0.3, -0.25) is 5.32 Å². The van der Waals surface area contributed by atoms with Gasteiger partial charge in [-0.25, -0.2) is 4.79 Å². The van der Waals surface area contributed by atoms with Crippen molar-refractivity contribution >= 4 is 43.6 Å². The van der Waals surface area contributed by atoms with Crippen molar-refractivity contribution in [2.24, 2.45) is 0 Å². The van der Waals surface area contributed by atoms with Crippen molar-refractivity contribution in [3.05, 3.63) is 21.1 Å². The summed E-state index contributed by atoms with van der Waals surface area (Å²) in [6.07, 6.45) is -0.599. The van der Waals surface area contributed by atoms with E-state index in [0.717, 1.165) is 4.47 Å². The van der Waals surface area contributed by atoms with Crippen LogP contribution in [-0.4, -0.2) is 17.8 Å². The fraction of sp³-hybridized carbons (Fsp3) is 0.222. The number of benzene rings is 1. The van der Waals surface area contributed by atoms with Crippen LogP contribution in [0.5, 0.6) is 5.75 Å². The maximum Gasteiger partial charge on any atom is 0.411 e. The molecule has 15 heavy (non-hydrogen) atoms. The second-order valence-corrected chi connectivity index (χ2v) is 4.40. The summed E-state index contributed by atoms with van der Waals surface area (Å²) in [6, 6.07) is 3.25. The number of anilines is 1. The highest BCUT2D eigenvalue weighted by Crippen LogP contribution is 2.35. The van der Waals surface area contributed by atoms with Crippen LogP contribution in [0.15, 0.2) is 21.1 Å². The smallest absolute Gasteiger partial charge is 0.411 e. The van der Waals surface area contributed by atoms with E-state index in [4.69, 9.17) is 0 Å². The Morgan fingerprint density at radius 1 is 1.53 bits per heavy atom. The van der Waals surface area contributed by atoms with Crippen LogP contribution in [-0.2, 0) is 4.74 Å². The molecule has 1 aromatic rings. The third-order valence-electron chi connectivity index (χ3n) is 1.54. The van der Waals surface area contributed by atoms with Crippen LogP contribution in [0.3, 0.4) is 0 Å². The molecule has 0 atom stereocenters. The summed E-state index contributed by atoms with van der Waals surface area (Å²) >= 11 is 6.40. The number of carbonyl (C=O) groups excluding carboxylic acids is 1. The van der Waals surface area contributed by atoms with Crippen molar-refractivity contribution < 1.29 is 14.6 Å². The summed E-state index contributed by atoms with van der Waals surface area (Å²) in [5.74, 6) is -0.0359. The first-order chi connectivity index (χ1) is 7.04. The van der Waals surface area contributed by atoms with Crippen LogP contribution in [0, 0.1) is 0 Å². The highest BCUT2D eigenvalue weighted by atomic mass is 79.9. The van der Waals surface area contributed by atoms with E-state index in [1.807, 2.05) is 0 Å². The topological polar surface area (TPSA) is 58.6 Å².